The van der Waals surface area contributed by atoms with Crippen molar-refractivity contribution in [3.63, 3.8) is 0 Å². The normalized spacial score (nSPS) is 17.9. The molecule has 8 heteroatoms. The number of rotatable bonds is 6. The van der Waals surface area contributed by atoms with Crippen LogP contribution in [0.1, 0.15) is 19.8 Å². The van der Waals surface area contributed by atoms with Crippen molar-refractivity contribution in [3.8, 4) is 0 Å². The fourth-order valence-electron chi connectivity index (χ4n) is 1.94. The third kappa shape index (κ3) is 3.94. The molecule has 1 aliphatic carbocycles. The zero-order valence-corrected chi connectivity index (χ0v) is 13.3. The molecule has 5 nitrogen and oxygen atoms in total. The van der Waals surface area contributed by atoms with Crippen molar-refractivity contribution in [2.45, 2.75) is 29.6 Å². The van der Waals surface area contributed by atoms with Crippen molar-refractivity contribution in [3.05, 3.63) is 24.3 Å². The second-order valence-corrected chi connectivity index (χ2v) is 9.41. The van der Waals surface area contributed by atoms with Gasteiger partial charge in [-0.1, -0.05) is 6.92 Å². The predicted molar refractivity (Wildman–Crippen MR) is 76.6 cm³/mol. The first-order valence-electron chi connectivity index (χ1n) is 6.24. The molecule has 1 saturated carbocycles. The average molecular weight is 338 g/mol. The van der Waals surface area contributed by atoms with Gasteiger partial charge in [-0.25, -0.2) is 21.6 Å². The summed E-state index contributed by atoms with van der Waals surface area (Å²) in [5.74, 6) is 0.925. The summed E-state index contributed by atoms with van der Waals surface area (Å²) >= 11 is 0. The summed E-state index contributed by atoms with van der Waals surface area (Å²) in [5.41, 5.74) is 0. The Labute approximate surface area is 123 Å². The molecule has 0 aromatic heterocycles. The van der Waals surface area contributed by atoms with E-state index in [1.807, 2.05) is 6.92 Å². The smallest absolute Gasteiger partial charge is 0.211 e. The second kappa shape index (κ2) is 5.63. The van der Waals surface area contributed by atoms with Crippen LogP contribution in [0, 0.1) is 11.8 Å². The van der Waals surface area contributed by atoms with Crippen LogP contribution in [-0.2, 0) is 19.1 Å². The van der Waals surface area contributed by atoms with E-state index in [4.69, 9.17) is 10.7 Å². The lowest BCUT2D eigenvalue weighted by Gasteiger charge is -2.12. The molecule has 1 N–H and O–H groups in total. The molecule has 1 unspecified atom stereocenters. The Kier molecular flexibility index (Phi) is 4.44. The first kappa shape index (κ1) is 15.8. The molecule has 0 amide bonds. The average Bonchev–Trinajstić information content (AvgIpc) is 3.19. The first-order valence-corrected chi connectivity index (χ1v) is 10.0. The molecule has 0 spiro atoms. The van der Waals surface area contributed by atoms with Gasteiger partial charge in [-0.3, -0.25) is 0 Å². The predicted octanol–water partition coefficient (Wildman–Crippen LogP) is 1.94. The summed E-state index contributed by atoms with van der Waals surface area (Å²) in [5, 5.41) is 0. The van der Waals surface area contributed by atoms with Crippen LogP contribution >= 0.6 is 10.7 Å². The zero-order chi connectivity index (χ0) is 15.0. The van der Waals surface area contributed by atoms with Gasteiger partial charge in [-0.05, 0) is 48.9 Å². The summed E-state index contributed by atoms with van der Waals surface area (Å²) in [6.45, 7) is 2.41. The van der Waals surface area contributed by atoms with E-state index in [9.17, 15) is 16.8 Å². The minimum Gasteiger partial charge on any atom is -0.211 e. The van der Waals surface area contributed by atoms with Crippen LogP contribution in [0.2, 0.25) is 0 Å². The molecule has 0 aliphatic heterocycles. The van der Waals surface area contributed by atoms with Crippen LogP contribution < -0.4 is 4.72 Å². The second-order valence-electron chi connectivity index (χ2n) is 5.08. The number of benzene rings is 1. The number of halogens is 1. The van der Waals surface area contributed by atoms with Crippen molar-refractivity contribution in [2.75, 3.05) is 6.54 Å². The van der Waals surface area contributed by atoms with Gasteiger partial charge in [0.05, 0.1) is 9.79 Å². The van der Waals surface area contributed by atoms with E-state index in [2.05, 4.69) is 4.72 Å². The molecule has 112 valence electrons. The van der Waals surface area contributed by atoms with Crippen LogP contribution in [0.5, 0.6) is 0 Å². The highest BCUT2D eigenvalue weighted by Crippen LogP contribution is 2.36. The lowest BCUT2D eigenvalue weighted by atomic mass is 10.1. The van der Waals surface area contributed by atoms with E-state index >= 15 is 0 Å². The van der Waals surface area contributed by atoms with Gasteiger partial charge in [0.1, 0.15) is 0 Å². The Balaban J connectivity index is 2.09. The van der Waals surface area contributed by atoms with E-state index in [0.717, 1.165) is 12.8 Å². The Hall–Kier alpha value is -0.630. The summed E-state index contributed by atoms with van der Waals surface area (Å²) in [6.07, 6.45) is 2.32. The number of hydrogen-bond donors (Lipinski definition) is 1. The van der Waals surface area contributed by atoms with E-state index in [1.165, 1.54) is 24.3 Å². The van der Waals surface area contributed by atoms with Crippen LogP contribution in [-0.4, -0.2) is 23.4 Å². The summed E-state index contributed by atoms with van der Waals surface area (Å²) in [6, 6.07) is 4.83. The van der Waals surface area contributed by atoms with Gasteiger partial charge in [-0.2, -0.15) is 0 Å². The summed E-state index contributed by atoms with van der Waals surface area (Å²) < 4.78 is 48.8. The Morgan fingerprint density at radius 1 is 1.15 bits per heavy atom. The number of nitrogens with one attached hydrogen (secondary N) is 1. The lowest BCUT2D eigenvalue weighted by Crippen LogP contribution is -2.29. The fraction of sp³-hybridized carbons (Fsp3) is 0.500. The van der Waals surface area contributed by atoms with Gasteiger partial charge in [0.25, 0.3) is 9.05 Å². The maximum absolute atomic E-state index is 12.0. The quantitative estimate of drug-likeness (QED) is 0.804. The molecule has 2 rings (SSSR count). The van der Waals surface area contributed by atoms with Gasteiger partial charge in [-0.15, -0.1) is 0 Å². The Morgan fingerprint density at radius 2 is 1.65 bits per heavy atom. The molecular weight excluding hydrogens is 322 g/mol. The van der Waals surface area contributed by atoms with Crippen molar-refractivity contribution in [2.24, 2.45) is 11.8 Å². The van der Waals surface area contributed by atoms with Gasteiger partial charge in [0.15, 0.2) is 0 Å². The monoisotopic (exact) mass is 337 g/mol. The van der Waals surface area contributed by atoms with Crippen molar-refractivity contribution >= 4 is 29.8 Å². The molecule has 0 radical (unpaired) electrons. The van der Waals surface area contributed by atoms with Crippen LogP contribution in [0.4, 0.5) is 0 Å². The van der Waals surface area contributed by atoms with Crippen LogP contribution in [0.15, 0.2) is 34.1 Å². The van der Waals surface area contributed by atoms with Crippen molar-refractivity contribution in [1.29, 1.82) is 0 Å². The topological polar surface area (TPSA) is 80.3 Å². The molecule has 20 heavy (non-hydrogen) atoms. The third-order valence-electron chi connectivity index (χ3n) is 3.44. The number of sulfonamides is 1. The standard InChI is InChI=1S/C12H16ClNO4S2/c1-9(10-2-3-10)8-14-20(17,18)12-6-4-11(5-7-12)19(13,15)16/h4-7,9-10,14H,2-3,8H2,1H3. The summed E-state index contributed by atoms with van der Waals surface area (Å²) in [4.78, 5) is -0.0889. The van der Waals surface area contributed by atoms with E-state index in [-0.39, 0.29) is 9.79 Å². The summed E-state index contributed by atoms with van der Waals surface area (Å²) in [7, 11) is -2.27. The molecule has 1 aromatic carbocycles. The van der Waals surface area contributed by atoms with Crippen LogP contribution in [0.3, 0.4) is 0 Å². The highest BCUT2D eigenvalue weighted by molar-refractivity contribution is 8.13. The van der Waals surface area contributed by atoms with E-state index in [0.29, 0.717) is 18.4 Å². The van der Waals surface area contributed by atoms with Gasteiger partial charge in [0, 0.05) is 17.2 Å². The number of hydrogen-bond acceptors (Lipinski definition) is 4. The van der Waals surface area contributed by atoms with E-state index < -0.39 is 19.1 Å². The molecule has 1 atom stereocenters. The molecule has 1 aromatic rings. The molecule has 0 bridgehead atoms. The molecule has 0 saturated heterocycles. The molecular formula is C12H16ClNO4S2. The fourth-order valence-corrected chi connectivity index (χ4v) is 3.85. The highest BCUT2D eigenvalue weighted by atomic mass is 35.7. The van der Waals surface area contributed by atoms with E-state index in [1.54, 1.807) is 0 Å². The van der Waals surface area contributed by atoms with Crippen molar-refractivity contribution < 1.29 is 16.8 Å². The Morgan fingerprint density at radius 3 is 2.10 bits per heavy atom. The third-order valence-corrected chi connectivity index (χ3v) is 6.25. The largest absolute Gasteiger partial charge is 0.261 e. The first-order chi connectivity index (χ1) is 9.20. The van der Waals surface area contributed by atoms with Gasteiger partial charge in [0.2, 0.25) is 10.0 Å². The highest BCUT2D eigenvalue weighted by Gasteiger charge is 2.28. The maximum Gasteiger partial charge on any atom is 0.261 e. The minimum absolute atomic E-state index is 0.0320. The lowest BCUT2D eigenvalue weighted by molar-refractivity contribution is 0.492. The molecule has 1 aliphatic rings. The zero-order valence-electron chi connectivity index (χ0n) is 10.9. The molecule has 0 heterocycles. The SMILES string of the molecule is CC(CNS(=O)(=O)c1ccc(S(=O)(=O)Cl)cc1)C1CC1. The maximum atomic E-state index is 12.0. The van der Waals surface area contributed by atoms with Crippen LogP contribution in [0.25, 0.3) is 0 Å². The van der Waals surface area contributed by atoms with Gasteiger partial charge < -0.3 is 0 Å². The molecule has 1 fully saturated rings. The minimum atomic E-state index is -3.84. The Bertz CT molecular complexity index is 679. The van der Waals surface area contributed by atoms with Gasteiger partial charge >= 0.3 is 0 Å². The van der Waals surface area contributed by atoms with Crippen molar-refractivity contribution in [1.82, 2.24) is 4.72 Å².